The van der Waals surface area contributed by atoms with E-state index in [4.69, 9.17) is 0 Å². The van der Waals surface area contributed by atoms with Crippen LogP contribution in [0.5, 0.6) is 0 Å². The average molecular weight is 211 g/mol. The summed E-state index contributed by atoms with van der Waals surface area (Å²) in [7, 11) is -1.71. The van der Waals surface area contributed by atoms with Crippen molar-refractivity contribution in [2.24, 2.45) is 0 Å². The van der Waals surface area contributed by atoms with Crippen LogP contribution in [0.1, 0.15) is 0 Å². The standard InChI is InChI=1S/C7H19Si2.Cr/c1-8(2,3)7-9(4,5)6;/h7H,1-6H3;/q-1;+3. The van der Waals surface area contributed by atoms with Crippen LogP contribution in [0.2, 0.25) is 39.3 Å². The largest absolute Gasteiger partial charge is 3.00 e. The van der Waals surface area contributed by atoms with E-state index in [9.17, 15) is 0 Å². The molecule has 0 saturated carbocycles. The van der Waals surface area contributed by atoms with Crippen molar-refractivity contribution in [2.45, 2.75) is 39.3 Å². The van der Waals surface area contributed by atoms with Crippen LogP contribution in [0.15, 0.2) is 0 Å². The minimum Gasteiger partial charge on any atom is -0.327 e. The molecule has 0 aromatic carbocycles. The second kappa shape index (κ2) is 4.11. The molecule has 0 aromatic heterocycles. The molecule has 3 heteroatoms. The zero-order chi connectivity index (χ0) is 7.71. The molecule has 0 nitrogen and oxygen atoms in total. The van der Waals surface area contributed by atoms with Crippen molar-refractivity contribution in [1.82, 2.24) is 0 Å². The first kappa shape index (κ1) is 13.5. The molecule has 0 bridgehead atoms. The monoisotopic (exact) mass is 211 g/mol. The van der Waals surface area contributed by atoms with Crippen LogP contribution in [-0.4, -0.2) is 16.1 Å². The van der Waals surface area contributed by atoms with Crippen molar-refractivity contribution in [1.29, 1.82) is 0 Å². The molecule has 0 aliphatic heterocycles. The maximum absolute atomic E-state index is 2.65. The number of hydrogen-bond donors (Lipinski definition) is 0. The van der Waals surface area contributed by atoms with Gasteiger partial charge in [0.15, 0.2) is 0 Å². The fraction of sp³-hybridized carbons (Fsp3) is 0.857. The second-order valence-corrected chi connectivity index (χ2v) is 15.5. The SMILES string of the molecule is C[Si](C)(C)[CH-][Si](C)(C)C.[Cr+3]. The third-order valence-electron chi connectivity index (χ3n) is 0.866. The normalized spacial score (nSPS) is 12.6. The number of rotatable bonds is 2. The van der Waals surface area contributed by atoms with Gasteiger partial charge in [0.1, 0.15) is 0 Å². The van der Waals surface area contributed by atoms with Crippen LogP contribution >= 0.6 is 0 Å². The Labute approximate surface area is 78.6 Å². The van der Waals surface area contributed by atoms with Crippen molar-refractivity contribution < 1.29 is 17.4 Å². The summed E-state index contributed by atoms with van der Waals surface area (Å²) in [4.78, 5) is 0. The van der Waals surface area contributed by atoms with Crippen LogP contribution < -0.4 is 0 Å². The van der Waals surface area contributed by atoms with E-state index >= 15 is 0 Å². The van der Waals surface area contributed by atoms with Crippen molar-refractivity contribution in [3.63, 3.8) is 0 Å². The van der Waals surface area contributed by atoms with Crippen LogP contribution in [0.3, 0.4) is 0 Å². The Bertz CT molecular complexity index is 76.8. The van der Waals surface area contributed by atoms with Crippen LogP contribution in [0, 0.1) is 5.67 Å². The zero-order valence-corrected chi connectivity index (χ0v) is 11.3. The van der Waals surface area contributed by atoms with Gasteiger partial charge in [0.2, 0.25) is 0 Å². The van der Waals surface area contributed by atoms with Crippen LogP contribution in [-0.2, 0) is 17.4 Å². The van der Waals surface area contributed by atoms with Crippen molar-refractivity contribution in [2.75, 3.05) is 0 Å². The van der Waals surface area contributed by atoms with Crippen LogP contribution in [0.4, 0.5) is 0 Å². The van der Waals surface area contributed by atoms with Crippen molar-refractivity contribution in [3.05, 3.63) is 5.67 Å². The zero-order valence-electron chi connectivity index (χ0n) is 7.99. The summed E-state index contributed by atoms with van der Waals surface area (Å²) in [5, 5.41) is 0. The van der Waals surface area contributed by atoms with E-state index in [0.29, 0.717) is 0 Å². The molecule has 0 fully saturated rings. The van der Waals surface area contributed by atoms with Crippen molar-refractivity contribution >= 4 is 16.1 Å². The van der Waals surface area contributed by atoms with E-state index in [1.165, 1.54) is 0 Å². The summed E-state index contributed by atoms with van der Waals surface area (Å²) >= 11 is 0. The smallest absolute Gasteiger partial charge is 0.327 e. The van der Waals surface area contributed by atoms with Gasteiger partial charge in [-0.3, -0.25) is 0 Å². The van der Waals surface area contributed by atoms with Crippen LogP contribution in [0.25, 0.3) is 0 Å². The molecule has 0 saturated heterocycles. The molecular weight excluding hydrogens is 192 g/mol. The fourth-order valence-electron chi connectivity index (χ4n) is 1.30. The maximum atomic E-state index is 2.65. The average Bonchev–Trinajstić information content (AvgIpc) is 1.14. The van der Waals surface area contributed by atoms with Gasteiger partial charge in [-0.05, 0) is 0 Å². The van der Waals surface area contributed by atoms with Gasteiger partial charge in [-0.2, -0.15) is 0 Å². The summed E-state index contributed by atoms with van der Waals surface area (Å²) in [5.74, 6) is 0. The topological polar surface area (TPSA) is 0 Å². The predicted molar refractivity (Wildman–Crippen MR) is 51.0 cm³/mol. The van der Waals surface area contributed by atoms with E-state index in [1.54, 1.807) is 0 Å². The third-order valence-corrected chi connectivity index (χ3v) is 7.79. The van der Waals surface area contributed by atoms with Gasteiger partial charge in [-0.25, -0.2) is 0 Å². The Kier molecular flexibility index (Phi) is 5.57. The van der Waals surface area contributed by atoms with Gasteiger partial charge in [0, 0.05) is 0 Å². The summed E-state index contributed by atoms with van der Waals surface area (Å²) in [6.07, 6.45) is 0. The van der Waals surface area contributed by atoms with E-state index < -0.39 is 16.1 Å². The molecule has 59 valence electrons. The molecular formula is C7H19CrSi2+2. The van der Waals surface area contributed by atoms with E-state index in [0.717, 1.165) is 0 Å². The molecule has 1 radical (unpaired) electrons. The van der Waals surface area contributed by atoms with Gasteiger partial charge in [-0.15, -0.1) is 16.1 Å². The van der Waals surface area contributed by atoms with E-state index in [-0.39, 0.29) is 17.4 Å². The summed E-state index contributed by atoms with van der Waals surface area (Å²) in [6.45, 7) is 14.4. The molecule has 0 aliphatic carbocycles. The first-order chi connectivity index (χ1) is 3.71. The van der Waals surface area contributed by atoms with Gasteiger partial charge in [0.05, 0.1) is 0 Å². The Hall–Kier alpha value is 0.966. The Balaban J connectivity index is 0. The first-order valence-electron chi connectivity index (χ1n) is 3.58. The summed E-state index contributed by atoms with van der Waals surface area (Å²) in [5.41, 5.74) is 2.65. The van der Waals surface area contributed by atoms with Gasteiger partial charge in [0.25, 0.3) is 0 Å². The Morgan fingerprint density at radius 3 is 0.900 bits per heavy atom. The molecule has 0 unspecified atom stereocenters. The third kappa shape index (κ3) is 11.7. The minimum absolute atomic E-state index is 0. The number of hydrogen-bond acceptors (Lipinski definition) is 0. The molecule has 0 aromatic rings. The molecule has 0 spiro atoms. The second-order valence-electron chi connectivity index (χ2n) is 4.88. The Morgan fingerprint density at radius 1 is 0.700 bits per heavy atom. The maximum Gasteiger partial charge on any atom is 3.00 e. The summed E-state index contributed by atoms with van der Waals surface area (Å²) < 4.78 is 0. The molecule has 0 N–H and O–H groups in total. The first-order valence-corrected chi connectivity index (χ1v) is 10.7. The predicted octanol–water partition coefficient (Wildman–Crippen LogP) is 2.94. The molecule has 0 rings (SSSR count). The van der Waals surface area contributed by atoms with Crippen molar-refractivity contribution in [3.8, 4) is 0 Å². The molecule has 0 amide bonds. The molecule has 0 heterocycles. The van der Waals surface area contributed by atoms with E-state index in [2.05, 4.69) is 44.9 Å². The quantitative estimate of drug-likeness (QED) is 0.487. The molecule has 0 atom stereocenters. The van der Waals surface area contributed by atoms with E-state index in [1.807, 2.05) is 0 Å². The summed E-state index contributed by atoms with van der Waals surface area (Å²) in [6, 6.07) is 0. The fourth-order valence-corrected chi connectivity index (χ4v) is 11.7. The van der Waals surface area contributed by atoms with Gasteiger partial charge < -0.3 is 5.67 Å². The van der Waals surface area contributed by atoms with Gasteiger partial charge >= 0.3 is 17.4 Å². The Morgan fingerprint density at radius 2 is 0.900 bits per heavy atom. The molecule has 0 aliphatic rings. The minimum atomic E-state index is -0.856. The molecule has 10 heavy (non-hydrogen) atoms. The van der Waals surface area contributed by atoms with Gasteiger partial charge in [-0.1, -0.05) is 39.3 Å².